The van der Waals surface area contributed by atoms with Crippen molar-refractivity contribution in [3.8, 4) is 0 Å². The van der Waals surface area contributed by atoms with Crippen molar-refractivity contribution in [1.29, 1.82) is 0 Å². The van der Waals surface area contributed by atoms with Gasteiger partial charge in [0.05, 0.1) is 16.2 Å². The molecule has 0 saturated heterocycles. The Morgan fingerprint density at radius 2 is 1.88 bits per heavy atom. The Bertz CT molecular complexity index is 805. The second kappa shape index (κ2) is 8.29. The zero-order valence-electron chi connectivity index (χ0n) is 13.4. The molecule has 0 radical (unpaired) electrons. The van der Waals surface area contributed by atoms with Crippen molar-refractivity contribution >= 4 is 35.0 Å². The van der Waals surface area contributed by atoms with Crippen LogP contribution in [0.2, 0.25) is 0 Å². The van der Waals surface area contributed by atoms with Crippen molar-refractivity contribution < 1.29 is 19.6 Å². The Balaban J connectivity index is 1.88. The summed E-state index contributed by atoms with van der Waals surface area (Å²) in [5.41, 5.74) is 2.04. The monoisotopic (exact) mass is 360 g/mol. The van der Waals surface area contributed by atoms with Crippen molar-refractivity contribution in [2.24, 2.45) is 0 Å². The van der Waals surface area contributed by atoms with Crippen LogP contribution in [0.1, 0.15) is 21.5 Å². The molecule has 0 spiro atoms. The number of rotatable bonds is 7. The highest BCUT2D eigenvalue weighted by molar-refractivity contribution is 7.99. The number of nitro benzene ring substituents is 1. The van der Waals surface area contributed by atoms with Gasteiger partial charge < -0.3 is 10.4 Å². The lowest BCUT2D eigenvalue weighted by atomic mass is 10.1. The highest BCUT2D eigenvalue weighted by atomic mass is 32.2. The quantitative estimate of drug-likeness (QED) is 0.578. The fourth-order valence-corrected chi connectivity index (χ4v) is 2.95. The number of hydrogen-bond acceptors (Lipinski definition) is 5. The normalized spacial score (nSPS) is 10.3. The van der Waals surface area contributed by atoms with Crippen LogP contribution in [0.25, 0.3) is 0 Å². The molecule has 0 aromatic heterocycles. The van der Waals surface area contributed by atoms with E-state index in [4.69, 9.17) is 5.11 Å². The topological polar surface area (TPSA) is 110 Å². The summed E-state index contributed by atoms with van der Waals surface area (Å²) in [5.74, 6) is -0.550. The molecule has 0 saturated carbocycles. The van der Waals surface area contributed by atoms with Gasteiger partial charge in [-0.2, -0.15) is 0 Å². The molecule has 8 heteroatoms. The molecular weight excluding hydrogens is 344 g/mol. The van der Waals surface area contributed by atoms with Crippen LogP contribution in [0.4, 0.5) is 11.4 Å². The van der Waals surface area contributed by atoms with E-state index in [0.29, 0.717) is 17.0 Å². The fourth-order valence-electron chi connectivity index (χ4n) is 2.16. The first-order valence-electron chi connectivity index (χ1n) is 7.32. The van der Waals surface area contributed by atoms with E-state index in [9.17, 15) is 19.7 Å². The molecule has 1 amide bonds. The lowest BCUT2D eigenvalue weighted by molar-refractivity contribution is -0.384. The molecule has 0 bridgehead atoms. The first kappa shape index (κ1) is 18.5. The van der Waals surface area contributed by atoms with Crippen LogP contribution in [-0.4, -0.2) is 27.7 Å². The van der Waals surface area contributed by atoms with Gasteiger partial charge in [-0.3, -0.25) is 14.9 Å². The second-order valence-electron chi connectivity index (χ2n) is 5.25. The van der Waals surface area contributed by atoms with Crippen molar-refractivity contribution in [3.05, 3.63) is 69.3 Å². The van der Waals surface area contributed by atoms with Gasteiger partial charge in [-0.1, -0.05) is 18.2 Å². The van der Waals surface area contributed by atoms with Gasteiger partial charge in [0.2, 0.25) is 5.91 Å². The molecule has 2 aromatic rings. The number of nitrogens with one attached hydrogen (secondary N) is 1. The average molecular weight is 360 g/mol. The Hall–Kier alpha value is -2.87. The van der Waals surface area contributed by atoms with E-state index < -0.39 is 10.9 Å². The van der Waals surface area contributed by atoms with E-state index in [1.54, 1.807) is 31.2 Å². The number of nitro groups is 1. The number of anilines is 1. The zero-order valence-corrected chi connectivity index (χ0v) is 14.2. The summed E-state index contributed by atoms with van der Waals surface area (Å²) in [7, 11) is 0. The number of carbonyl (C=O) groups is 2. The smallest absolute Gasteiger partial charge is 0.336 e. The number of carboxylic acids is 1. The van der Waals surface area contributed by atoms with Gasteiger partial charge in [0.25, 0.3) is 5.69 Å². The maximum atomic E-state index is 12.0. The number of amides is 1. The van der Waals surface area contributed by atoms with Crippen LogP contribution in [0.15, 0.2) is 42.5 Å². The predicted molar refractivity (Wildman–Crippen MR) is 96.0 cm³/mol. The third-order valence-corrected chi connectivity index (χ3v) is 4.49. The molecule has 2 aromatic carbocycles. The van der Waals surface area contributed by atoms with E-state index in [2.05, 4.69) is 5.32 Å². The number of benzene rings is 2. The summed E-state index contributed by atoms with van der Waals surface area (Å²) in [4.78, 5) is 33.2. The predicted octanol–water partition coefficient (Wildman–Crippen LogP) is 3.47. The first-order chi connectivity index (χ1) is 11.9. The number of nitrogens with zero attached hydrogens (tertiary/aromatic N) is 1. The van der Waals surface area contributed by atoms with Gasteiger partial charge in [-0.25, -0.2) is 4.79 Å². The lowest BCUT2D eigenvalue weighted by Gasteiger charge is -2.10. The number of carboxylic acid groups (broad SMARTS) is 1. The van der Waals surface area contributed by atoms with E-state index in [1.165, 1.54) is 30.0 Å². The van der Waals surface area contributed by atoms with Crippen LogP contribution in [0.3, 0.4) is 0 Å². The van der Waals surface area contributed by atoms with Crippen LogP contribution in [0, 0.1) is 17.0 Å². The minimum atomic E-state index is -1.04. The summed E-state index contributed by atoms with van der Waals surface area (Å²) in [6, 6.07) is 10.9. The minimum absolute atomic E-state index is 0.0280. The van der Waals surface area contributed by atoms with Gasteiger partial charge in [0.15, 0.2) is 0 Å². The van der Waals surface area contributed by atoms with Gasteiger partial charge >= 0.3 is 5.97 Å². The minimum Gasteiger partial charge on any atom is -0.478 e. The Kier molecular flexibility index (Phi) is 6.13. The standard InChI is InChI=1S/C17H16N2O5S/c1-11-14(17(21)22)3-2-4-15(11)18-16(20)10-25-9-12-5-7-13(8-6-12)19(23)24/h2-8H,9-10H2,1H3,(H,18,20)(H,21,22). The maximum Gasteiger partial charge on any atom is 0.336 e. The van der Waals surface area contributed by atoms with E-state index in [1.807, 2.05) is 0 Å². The van der Waals surface area contributed by atoms with Gasteiger partial charge in [0.1, 0.15) is 0 Å². The Morgan fingerprint density at radius 1 is 1.20 bits per heavy atom. The summed E-state index contributed by atoms with van der Waals surface area (Å²) >= 11 is 1.37. The number of thioether (sulfide) groups is 1. The second-order valence-corrected chi connectivity index (χ2v) is 6.23. The maximum absolute atomic E-state index is 12.0. The van der Waals surface area contributed by atoms with Gasteiger partial charge in [-0.05, 0) is 30.2 Å². The van der Waals surface area contributed by atoms with E-state index in [-0.39, 0.29) is 22.9 Å². The molecule has 7 nitrogen and oxygen atoms in total. The number of carbonyl (C=O) groups excluding carboxylic acids is 1. The highest BCUT2D eigenvalue weighted by Crippen LogP contribution is 2.20. The molecular formula is C17H16N2O5S. The summed E-state index contributed by atoms with van der Waals surface area (Å²) in [6.07, 6.45) is 0. The molecule has 0 fully saturated rings. The number of aromatic carboxylic acids is 1. The fraction of sp³-hybridized carbons (Fsp3) is 0.176. The third kappa shape index (κ3) is 5.05. The van der Waals surface area contributed by atoms with Crippen LogP contribution in [-0.2, 0) is 10.5 Å². The van der Waals surface area contributed by atoms with Crippen LogP contribution < -0.4 is 5.32 Å². The summed E-state index contributed by atoms with van der Waals surface area (Å²) in [6.45, 7) is 1.64. The Morgan fingerprint density at radius 3 is 2.48 bits per heavy atom. The molecule has 0 aliphatic heterocycles. The third-order valence-electron chi connectivity index (χ3n) is 3.49. The summed E-state index contributed by atoms with van der Waals surface area (Å²) < 4.78 is 0. The number of hydrogen-bond donors (Lipinski definition) is 2. The van der Waals surface area contributed by atoms with Crippen LogP contribution >= 0.6 is 11.8 Å². The number of non-ortho nitro benzene ring substituents is 1. The average Bonchev–Trinajstić information content (AvgIpc) is 2.57. The summed E-state index contributed by atoms with van der Waals surface area (Å²) in [5, 5.41) is 22.4. The van der Waals surface area contributed by atoms with Gasteiger partial charge in [0, 0.05) is 23.6 Å². The van der Waals surface area contributed by atoms with Crippen LogP contribution in [0.5, 0.6) is 0 Å². The van der Waals surface area contributed by atoms with Crippen molar-refractivity contribution in [1.82, 2.24) is 0 Å². The molecule has 0 aliphatic carbocycles. The molecule has 2 N–H and O–H groups in total. The van der Waals surface area contributed by atoms with Crippen molar-refractivity contribution in [2.75, 3.05) is 11.1 Å². The molecule has 25 heavy (non-hydrogen) atoms. The van der Waals surface area contributed by atoms with Crippen molar-refractivity contribution in [2.45, 2.75) is 12.7 Å². The lowest BCUT2D eigenvalue weighted by Crippen LogP contribution is -2.16. The first-order valence-corrected chi connectivity index (χ1v) is 8.48. The Labute approximate surface area is 148 Å². The highest BCUT2D eigenvalue weighted by Gasteiger charge is 2.12. The molecule has 0 heterocycles. The molecule has 0 atom stereocenters. The zero-order chi connectivity index (χ0) is 18.4. The molecule has 0 aliphatic rings. The molecule has 0 unspecified atom stereocenters. The SMILES string of the molecule is Cc1c(NC(=O)CSCc2ccc([N+](=O)[O-])cc2)cccc1C(=O)O. The van der Waals surface area contributed by atoms with Gasteiger partial charge in [-0.15, -0.1) is 11.8 Å². The van der Waals surface area contributed by atoms with Crippen molar-refractivity contribution in [3.63, 3.8) is 0 Å². The van der Waals surface area contributed by atoms with E-state index in [0.717, 1.165) is 5.56 Å². The molecule has 130 valence electrons. The van der Waals surface area contributed by atoms with E-state index >= 15 is 0 Å². The largest absolute Gasteiger partial charge is 0.478 e. The molecule has 2 rings (SSSR count).